The Kier molecular flexibility index (Phi) is 6.72. The van der Waals surface area contributed by atoms with Crippen molar-refractivity contribution in [1.29, 1.82) is 0 Å². The van der Waals surface area contributed by atoms with Gasteiger partial charge in [-0.25, -0.2) is 4.98 Å². The van der Waals surface area contributed by atoms with Gasteiger partial charge in [-0.05, 0) is 24.3 Å². The summed E-state index contributed by atoms with van der Waals surface area (Å²) in [4.78, 5) is 43.8. The zero-order chi connectivity index (χ0) is 25.1. The average molecular weight is 479 g/mol. The van der Waals surface area contributed by atoms with Gasteiger partial charge in [0.05, 0.1) is 32.9 Å². The Morgan fingerprint density at radius 1 is 1.03 bits per heavy atom. The molecule has 35 heavy (non-hydrogen) atoms. The highest BCUT2D eigenvalue weighted by Gasteiger charge is 2.36. The molecule has 1 fully saturated rings. The molecule has 4 rings (SSSR count). The number of amides is 2. The first kappa shape index (κ1) is 23.8. The van der Waals surface area contributed by atoms with E-state index < -0.39 is 5.92 Å². The Hall–Kier alpha value is -4.34. The van der Waals surface area contributed by atoms with Gasteiger partial charge in [0, 0.05) is 55.8 Å². The lowest BCUT2D eigenvalue weighted by molar-refractivity contribution is -0.122. The lowest BCUT2D eigenvalue weighted by atomic mass is 10.1. The number of nitrogens with one attached hydrogen (secondary N) is 1. The number of aromatic nitrogens is 2. The lowest BCUT2D eigenvalue weighted by Crippen LogP contribution is -2.28. The van der Waals surface area contributed by atoms with Crippen molar-refractivity contribution in [3.05, 3.63) is 60.2 Å². The molecular weight excluding hydrogens is 452 g/mol. The van der Waals surface area contributed by atoms with Gasteiger partial charge in [-0.15, -0.1) is 0 Å². The molecule has 3 aromatic rings. The molecule has 0 spiro atoms. The topological polar surface area (TPSA) is 112 Å². The fourth-order valence-corrected chi connectivity index (χ4v) is 4.02. The minimum absolute atomic E-state index is 0.0677. The van der Waals surface area contributed by atoms with Crippen LogP contribution in [0, 0.1) is 5.92 Å². The summed E-state index contributed by atoms with van der Waals surface area (Å²) in [5.74, 6) is 0.369. The third-order valence-corrected chi connectivity index (χ3v) is 5.90. The van der Waals surface area contributed by atoms with E-state index in [2.05, 4.69) is 10.3 Å². The molecule has 0 aliphatic carbocycles. The normalized spacial score (nSPS) is 15.1. The van der Waals surface area contributed by atoms with E-state index in [1.54, 1.807) is 60.4 Å². The number of ketones is 1. The van der Waals surface area contributed by atoms with E-state index in [0.29, 0.717) is 40.0 Å². The number of hydrogen-bond donors (Lipinski definition) is 1. The molecule has 0 unspecified atom stereocenters. The lowest BCUT2D eigenvalue weighted by Gasteiger charge is -2.20. The number of hydrogen-bond acceptors (Lipinski definition) is 7. The van der Waals surface area contributed by atoms with Gasteiger partial charge in [0.2, 0.25) is 23.3 Å². The van der Waals surface area contributed by atoms with Crippen LogP contribution < -0.4 is 24.4 Å². The van der Waals surface area contributed by atoms with Crippen LogP contribution >= 0.6 is 0 Å². The third-order valence-electron chi connectivity index (χ3n) is 5.90. The summed E-state index contributed by atoms with van der Waals surface area (Å²) in [7, 11) is 6.25. The SMILES string of the molecule is COc1cc(N2C[C@@H](C(=O)Nc3ccc(C(=O)c4nccn4C)cc3)CC2=O)cc(OC)c1OC. The standard InChI is InChI=1S/C25H26N4O6/c1-28-10-9-26-24(28)22(31)15-5-7-17(8-6-15)27-25(32)16-11-21(30)29(14-16)18-12-19(33-2)23(35-4)20(13-18)34-3/h5-10,12-13,16H,11,14H2,1-4H3,(H,27,32)/t16-/m0/s1. The number of rotatable bonds is 8. The highest BCUT2D eigenvalue weighted by atomic mass is 16.5. The predicted molar refractivity (Wildman–Crippen MR) is 128 cm³/mol. The minimum Gasteiger partial charge on any atom is -0.493 e. The molecule has 1 N–H and O–H groups in total. The van der Waals surface area contributed by atoms with Crippen molar-refractivity contribution in [1.82, 2.24) is 9.55 Å². The molecule has 182 valence electrons. The van der Waals surface area contributed by atoms with Crippen LogP contribution in [-0.2, 0) is 16.6 Å². The second-order valence-electron chi connectivity index (χ2n) is 8.05. The number of carbonyl (C=O) groups is 3. The Morgan fingerprint density at radius 3 is 2.23 bits per heavy atom. The zero-order valence-electron chi connectivity index (χ0n) is 19.9. The summed E-state index contributed by atoms with van der Waals surface area (Å²) in [6, 6.07) is 9.93. The smallest absolute Gasteiger partial charge is 0.229 e. The summed E-state index contributed by atoms with van der Waals surface area (Å²) in [6.07, 6.45) is 3.33. The number of carbonyl (C=O) groups excluding carboxylic acids is 3. The number of benzene rings is 2. The largest absolute Gasteiger partial charge is 0.493 e. The second kappa shape index (κ2) is 9.88. The van der Waals surface area contributed by atoms with Crippen LogP contribution in [0.5, 0.6) is 17.2 Å². The Labute approximate surface area is 202 Å². The molecule has 0 saturated carbocycles. The van der Waals surface area contributed by atoms with Crippen LogP contribution in [0.15, 0.2) is 48.8 Å². The van der Waals surface area contributed by atoms with Crippen molar-refractivity contribution in [2.24, 2.45) is 13.0 Å². The van der Waals surface area contributed by atoms with Gasteiger partial charge in [-0.3, -0.25) is 14.4 Å². The van der Waals surface area contributed by atoms with E-state index >= 15 is 0 Å². The van der Waals surface area contributed by atoms with Crippen LogP contribution in [0.3, 0.4) is 0 Å². The highest BCUT2D eigenvalue weighted by Crippen LogP contribution is 2.42. The predicted octanol–water partition coefficient (Wildman–Crippen LogP) is 2.67. The average Bonchev–Trinajstić information content (AvgIpc) is 3.48. The van der Waals surface area contributed by atoms with Crippen molar-refractivity contribution in [3.63, 3.8) is 0 Å². The van der Waals surface area contributed by atoms with Gasteiger partial charge >= 0.3 is 0 Å². The van der Waals surface area contributed by atoms with Crippen molar-refractivity contribution in [2.45, 2.75) is 6.42 Å². The Balaban J connectivity index is 1.45. The molecule has 1 aliphatic rings. The maximum Gasteiger partial charge on any atom is 0.229 e. The minimum atomic E-state index is -0.546. The molecule has 2 amide bonds. The van der Waals surface area contributed by atoms with E-state index in [9.17, 15) is 14.4 Å². The first-order valence-corrected chi connectivity index (χ1v) is 10.9. The molecule has 1 aromatic heterocycles. The summed E-state index contributed by atoms with van der Waals surface area (Å²) in [5, 5.41) is 2.83. The molecule has 2 aromatic carbocycles. The fraction of sp³-hybridized carbons (Fsp3) is 0.280. The van der Waals surface area contributed by atoms with Gasteiger partial charge in [0.25, 0.3) is 0 Å². The third kappa shape index (κ3) is 4.68. The maximum atomic E-state index is 12.9. The van der Waals surface area contributed by atoms with Crippen molar-refractivity contribution >= 4 is 29.0 Å². The molecule has 1 atom stereocenters. The Morgan fingerprint density at radius 2 is 1.69 bits per heavy atom. The molecule has 1 aliphatic heterocycles. The number of ether oxygens (including phenoxy) is 3. The van der Waals surface area contributed by atoms with E-state index in [1.165, 1.54) is 26.2 Å². The van der Waals surface area contributed by atoms with E-state index in [1.807, 2.05) is 0 Å². The van der Waals surface area contributed by atoms with Gasteiger partial charge in [-0.1, -0.05) is 0 Å². The summed E-state index contributed by atoms with van der Waals surface area (Å²) >= 11 is 0. The van der Waals surface area contributed by atoms with Gasteiger partial charge in [0.1, 0.15) is 0 Å². The van der Waals surface area contributed by atoms with Gasteiger partial charge < -0.3 is 29.0 Å². The number of nitrogens with zero attached hydrogens (tertiary/aromatic N) is 3. The summed E-state index contributed by atoms with van der Waals surface area (Å²) in [5.41, 5.74) is 1.55. The second-order valence-corrected chi connectivity index (χ2v) is 8.05. The van der Waals surface area contributed by atoms with Crippen LogP contribution in [0.4, 0.5) is 11.4 Å². The summed E-state index contributed by atoms with van der Waals surface area (Å²) < 4.78 is 17.7. The maximum absolute atomic E-state index is 12.9. The van der Waals surface area contributed by atoms with E-state index in [-0.39, 0.29) is 30.6 Å². The molecule has 10 nitrogen and oxygen atoms in total. The number of methoxy groups -OCH3 is 3. The molecule has 0 bridgehead atoms. The fourth-order valence-electron chi connectivity index (χ4n) is 4.02. The van der Waals surface area contributed by atoms with Crippen LogP contribution in [-0.4, -0.2) is 55.0 Å². The van der Waals surface area contributed by atoms with E-state index in [4.69, 9.17) is 14.2 Å². The highest BCUT2D eigenvalue weighted by molar-refractivity contribution is 6.07. The molecule has 2 heterocycles. The quantitative estimate of drug-likeness (QED) is 0.496. The van der Waals surface area contributed by atoms with Crippen LogP contribution in [0.1, 0.15) is 22.6 Å². The van der Waals surface area contributed by atoms with Crippen molar-refractivity contribution < 1.29 is 28.6 Å². The number of imidazole rings is 1. The summed E-state index contributed by atoms with van der Waals surface area (Å²) in [6.45, 7) is 0.207. The first-order valence-electron chi connectivity index (χ1n) is 10.9. The molecule has 10 heteroatoms. The molecular formula is C25H26N4O6. The Bertz CT molecular complexity index is 1240. The van der Waals surface area contributed by atoms with Crippen molar-refractivity contribution in [2.75, 3.05) is 38.1 Å². The van der Waals surface area contributed by atoms with E-state index in [0.717, 1.165) is 0 Å². The number of aryl methyl sites for hydroxylation is 1. The molecule has 1 saturated heterocycles. The van der Waals surface area contributed by atoms with Crippen molar-refractivity contribution in [3.8, 4) is 17.2 Å². The van der Waals surface area contributed by atoms with Crippen LogP contribution in [0.25, 0.3) is 0 Å². The van der Waals surface area contributed by atoms with Gasteiger partial charge in [0.15, 0.2) is 17.3 Å². The number of anilines is 2. The zero-order valence-corrected chi connectivity index (χ0v) is 19.9. The monoisotopic (exact) mass is 478 g/mol. The first-order chi connectivity index (χ1) is 16.9. The van der Waals surface area contributed by atoms with Gasteiger partial charge in [-0.2, -0.15) is 0 Å². The molecule has 0 radical (unpaired) electrons. The van der Waals surface area contributed by atoms with Crippen LogP contribution in [0.2, 0.25) is 0 Å².